The van der Waals surface area contributed by atoms with Gasteiger partial charge in [0.1, 0.15) is 4.90 Å². The van der Waals surface area contributed by atoms with Gasteiger partial charge in [0.15, 0.2) is 9.84 Å². The van der Waals surface area contributed by atoms with Crippen LogP contribution in [-0.4, -0.2) is 45.4 Å². The quantitative estimate of drug-likeness (QED) is 0.554. The number of piperidine rings is 1. The molecule has 8 heteroatoms. The van der Waals surface area contributed by atoms with Gasteiger partial charge in [-0.15, -0.1) is 0 Å². The topological polar surface area (TPSA) is 89.8 Å². The van der Waals surface area contributed by atoms with E-state index in [0.717, 1.165) is 38.8 Å². The van der Waals surface area contributed by atoms with Crippen molar-refractivity contribution in [1.82, 2.24) is 0 Å². The van der Waals surface area contributed by atoms with Crippen molar-refractivity contribution in [3.05, 3.63) is 28.3 Å². The van der Waals surface area contributed by atoms with Gasteiger partial charge in [0.2, 0.25) is 0 Å². The van der Waals surface area contributed by atoms with E-state index in [1.54, 1.807) is 6.07 Å². The molecule has 1 saturated heterocycles. The van der Waals surface area contributed by atoms with E-state index in [-0.39, 0.29) is 16.7 Å². The fraction of sp³-hybridized carbons (Fsp3) is 0.667. The molecule has 7 nitrogen and oxygen atoms in total. The molecule has 2 aliphatic rings. The smallest absolute Gasteiger partial charge is 0.288 e. The molecular formula is C18H26N2O5S. The van der Waals surface area contributed by atoms with Gasteiger partial charge in [-0.2, -0.15) is 0 Å². The monoisotopic (exact) mass is 382 g/mol. The summed E-state index contributed by atoms with van der Waals surface area (Å²) in [5, 5.41) is 11.1. The van der Waals surface area contributed by atoms with Crippen molar-refractivity contribution in [3.63, 3.8) is 0 Å². The normalized spacial score (nSPS) is 19.8. The van der Waals surface area contributed by atoms with Crippen LogP contribution >= 0.6 is 0 Å². The maximum atomic E-state index is 11.9. The van der Waals surface area contributed by atoms with E-state index in [2.05, 4.69) is 4.90 Å². The van der Waals surface area contributed by atoms with E-state index in [0.29, 0.717) is 11.6 Å². The minimum absolute atomic E-state index is 0.223. The van der Waals surface area contributed by atoms with Gasteiger partial charge in [-0.05, 0) is 43.7 Å². The summed E-state index contributed by atoms with van der Waals surface area (Å²) < 4.78 is 29.9. The minimum Gasteiger partial charge on any atom is -0.378 e. The summed E-state index contributed by atoms with van der Waals surface area (Å²) in [6, 6.07) is 4.34. The van der Waals surface area contributed by atoms with Crippen LogP contribution in [0.15, 0.2) is 23.1 Å². The highest BCUT2D eigenvalue weighted by atomic mass is 32.2. The molecule has 144 valence electrons. The average Bonchev–Trinajstić information content (AvgIpc) is 3.12. The molecule has 0 atom stereocenters. The van der Waals surface area contributed by atoms with Crippen LogP contribution < -0.4 is 4.90 Å². The molecule has 26 heavy (non-hydrogen) atoms. The Kier molecular flexibility index (Phi) is 5.82. The van der Waals surface area contributed by atoms with Crippen molar-refractivity contribution in [1.29, 1.82) is 0 Å². The van der Waals surface area contributed by atoms with E-state index in [1.165, 1.54) is 37.8 Å². The summed E-state index contributed by atoms with van der Waals surface area (Å²) in [4.78, 5) is 12.3. The molecule has 0 bridgehead atoms. The van der Waals surface area contributed by atoms with Gasteiger partial charge in [0.05, 0.1) is 11.0 Å². The Bertz CT molecular complexity index is 751. The molecular weight excluding hydrogens is 356 g/mol. The molecule has 0 radical (unpaired) electrons. The Hall–Kier alpha value is -1.67. The van der Waals surface area contributed by atoms with Crippen LogP contribution in [0.3, 0.4) is 0 Å². The van der Waals surface area contributed by atoms with Crippen molar-refractivity contribution in [2.75, 3.05) is 30.9 Å². The lowest BCUT2D eigenvalue weighted by Gasteiger charge is -2.34. The summed E-state index contributed by atoms with van der Waals surface area (Å²) in [5.74, 6) is 0.708. The fourth-order valence-corrected chi connectivity index (χ4v) is 4.73. The van der Waals surface area contributed by atoms with E-state index in [1.807, 2.05) is 0 Å². The molecule has 1 heterocycles. The summed E-state index contributed by atoms with van der Waals surface area (Å²) in [5.41, 5.74) is 0.344. The molecule has 3 rings (SSSR count). The SMILES string of the molecule is CS(=O)(=O)c1cc(N2CCC(OCC3CCCC3)CC2)ccc1[N+](=O)[O-]. The fourth-order valence-electron chi connectivity index (χ4n) is 3.88. The van der Waals surface area contributed by atoms with E-state index < -0.39 is 14.8 Å². The lowest BCUT2D eigenvalue weighted by Crippen LogP contribution is -2.37. The number of nitro benzene ring substituents is 1. The van der Waals surface area contributed by atoms with Gasteiger partial charge < -0.3 is 9.64 Å². The second-order valence-corrected chi connectivity index (χ2v) is 9.34. The number of benzene rings is 1. The molecule has 1 aliphatic carbocycles. The van der Waals surface area contributed by atoms with Crippen molar-refractivity contribution in [3.8, 4) is 0 Å². The molecule has 1 aliphatic heterocycles. The molecule has 1 saturated carbocycles. The third kappa shape index (κ3) is 4.54. The first-order chi connectivity index (χ1) is 12.3. The highest BCUT2D eigenvalue weighted by Gasteiger charge is 2.26. The van der Waals surface area contributed by atoms with Crippen molar-refractivity contribution < 1.29 is 18.1 Å². The molecule has 0 amide bonds. The van der Waals surface area contributed by atoms with Gasteiger partial charge >= 0.3 is 0 Å². The van der Waals surface area contributed by atoms with Crippen LogP contribution in [0.5, 0.6) is 0 Å². The Balaban J connectivity index is 1.62. The second-order valence-electron chi connectivity index (χ2n) is 7.35. The van der Waals surface area contributed by atoms with Crippen LogP contribution in [0.1, 0.15) is 38.5 Å². The van der Waals surface area contributed by atoms with Gasteiger partial charge in [-0.3, -0.25) is 10.1 Å². The van der Waals surface area contributed by atoms with Gasteiger partial charge in [-0.25, -0.2) is 8.42 Å². The zero-order valence-electron chi connectivity index (χ0n) is 15.1. The molecule has 1 aromatic rings. The zero-order chi connectivity index (χ0) is 18.7. The number of hydrogen-bond donors (Lipinski definition) is 0. The van der Waals surface area contributed by atoms with E-state index in [4.69, 9.17) is 4.74 Å². The van der Waals surface area contributed by atoms with Crippen molar-refractivity contribution in [2.24, 2.45) is 5.92 Å². The van der Waals surface area contributed by atoms with Crippen LogP contribution in [0.4, 0.5) is 11.4 Å². The maximum absolute atomic E-state index is 11.9. The van der Waals surface area contributed by atoms with Gasteiger partial charge in [-0.1, -0.05) is 12.8 Å². The van der Waals surface area contributed by atoms with Crippen LogP contribution in [0.2, 0.25) is 0 Å². The van der Waals surface area contributed by atoms with Crippen molar-refractivity contribution in [2.45, 2.75) is 49.5 Å². The van der Waals surface area contributed by atoms with Crippen molar-refractivity contribution >= 4 is 21.2 Å². The first-order valence-electron chi connectivity index (χ1n) is 9.19. The number of nitro groups is 1. The third-order valence-corrected chi connectivity index (χ3v) is 6.51. The molecule has 0 unspecified atom stereocenters. The zero-order valence-corrected chi connectivity index (χ0v) is 15.9. The Labute approximate surface area is 154 Å². The van der Waals surface area contributed by atoms with E-state index in [9.17, 15) is 18.5 Å². The number of anilines is 1. The molecule has 1 aromatic carbocycles. The highest BCUT2D eigenvalue weighted by Crippen LogP contribution is 2.31. The van der Waals surface area contributed by atoms with Crippen LogP contribution in [-0.2, 0) is 14.6 Å². The Morgan fingerprint density at radius 2 is 1.85 bits per heavy atom. The number of nitrogens with zero attached hydrogens (tertiary/aromatic N) is 2. The first kappa shape index (κ1) is 19.1. The summed E-state index contributed by atoms with van der Waals surface area (Å²) in [6.45, 7) is 2.37. The molecule has 0 spiro atoms. The minimum atomic E-state index is -3.66. The highest BCUT2D eigenvalue weighted by molar-refractivity contribution is 7.90. The number of ether oxygens (including phenoxy) is 1. The summed E-state index contributed by atoms with van der Waals surface area (Å²) >= 11 is 0. The predicted octanol–water partition coefficient (Wildman–Crippen LogP) is 3.17. The van der Waals surface area contributed by atoms with Gasteiger partial charge in [0.25, 0.3) is 5.69 Å². The molecule has 0 N–H and O–H groups in total. The van der Waals surface area contributed by atoms with Crippen LogP contribution in [0, 0.1) is 16.0 Å². The summed E-state index contributed by atoms with van der Waals surface area (Å²) in [6.07, 6.45) is 8.20. The summed E-state index contributed by atoms with van der Waals surface area (Å²) in [7, 11) is -3.66. The number of sulfone groups is 1. The molecule has 2 fully saturated rings. The Morgan fingerprint density at radius 1 is 1.19 bits per heavy atom. The number of hydrogen-bond acceptors (Lipinski definition) is 6. The van der Waals surface area contributed by atoms with E-state index >= 15 is 0 Å². The number of rotatable bonds is 6. The molecule has 0 aromatic heterocycles. The Morgan fingerprint density at radius 3 is 2.42 bits per heavy atom. The first-order valence-corrected chi connectivity index (χ1v) is 11.1. The third-order valence-electron chi connectivity index (χ3n) is 5.39. The van der Waals surface area contributed by atoms with Crippen LogP contribution in [0.25, 0.3) is 0 Å². The lowest BCUT2D eigenvalue weighted by atomic mass is 10.1. The largest absolute Gasteiger partial charge is 0.378 e. The maximum Gasteiger partial charge on any atom is 0.288 e. The second kappa shape index (κ2) is 7.92. The predicted molar refractivity (Wildman–Crippen MR) is 99.4 cm³/mol. The average molecular weight is 382 g/mol. The lowest BCUT2D eigenvalue weighted by molar-refractivity contribution is -0.387. The van der Waals surface area contributed by atoms with Gasteiger partial charge in [0, 0.05) is 37.7 Å². The standard InChI is InChI=1S/C18H26N2O5S/c1-26(23,24)18-12-15(6-7-17(18)20(21)22)19-10-8-16(9-11-19)25-13-14-4-2-3-5-14/h6-7,12,14,16H,2-5,8-11,13H2,1H3.